The topological polar surface area (TPSA) is 87.7 Å². The normalized spacial score (nSPS) is 23.2. The molecule has 2 N–H and O–H groups in total. The first kappa shape index (κ1) is 19.3. The second-order valence-electron chi connectivity index (χ2n) is 7.25. The fourth-order valence-corrected chi connectivity index (χ4v) is 3.82. The highest BCUT2D eigenvalue weighted by Crippen LogP contribution is 2.32. The Labute approximate surface area is 173 Å². The van der Waals surface area contributed by atoms with Gasteiger partial charge in [-0.3, -0.25) is 14.5 Å². The van der Waals surface area contributed by atoms with Crippen molar-refractivity contribution in [3.63, 3.8) is 0 Å². The molecule has 7 nitrogen and oxygen atoms in total. The van der Waals surface area contributed by atoms with Crippen molar-refractivity contribution in [3.05, 3.63) is 64.7 Å². The van der Waals surface area contributed by atoms with Crippen molar-refractivity contribution in [1.82, 2.24) is 15.5 Å². The van der Waals surface area contributed by atoms with Gasteiger partial charge < -0.3 is 15.4 Å². The maximum Gasteiger partial charge on any atom is 0.325 e. The van der Waals surface area contributed by atoms with E-state index in [1.165, 1.54) is 0 Å². The number of urea groups is 1. The molecule has 4 rings (SSSR count). The summed E-state index contributed by atoms with van der Waals surface area (Å²) in [6, 6.07) is 13.3. The van der Waals surface area contributed by atoms with E-state index in [9.17, 15) is 14.4 Å². The van der Waals surface area contributed by atoms with E-state index in [0.29, 0.717) is 23.6 Å². The van der Waals surface area contributed by atoms with Gasteiger partial charge in [0.15, 0.2) is 0 Å². The molecule has 8 heteroatoms. The number of hydrogen-bond acceptors (Lipinski definition) is 4. The lowest BCUT2D eigenvalue weighted by Gasteiger charge is -2.27. The number of ether oxygens (including phenoxy) is 1. The van der Waals surface area contributed by atoms with Crippen LogP contribution in [-0.4, -0.2) is 35.9 Å². The van der Waals surface area contributed by atoms with Gasteiger partial charge in [-0.2, -0.15) is 0 Å². The van der Waals surface area contributed by atoms with E-state index in [0.717, 1.165) is 16.2 Å². The molecule has 0 aliphatic carbocycles. The lowest BCUT2D eigenvalue weighted by molar-refractivity contribution is -0.135. The Morgan fingerprint density at radius 3 is 2.72 bits per heavy atom. The molecule has 2 aliphatic rings. The molecular formula is C21H20ClN3O4. The molecule has 1 fully saturated rings. The van der Waals surface area contributed by atoms with Crippen molar-refractivity contribution in [3.8, 4) is 5.75 Å². The lowest BCUT2D eigenvalue weighted by atomic mass is 9.92. The molecular weight excluding hydrogens is 394 g/mol. The van der Waals surface area contributed by atoms with E-state index in [4.69, 9.17) is 16.3 Å². The number of rotatable bonds is 4. The molecule has 150 valence electrons. The minimum Gasteiger partial charge on any atom is -0.493 e. The first-order chi connectivity index (χ1) is 13.9. The molecule has 29 heavy (non-hydrogen) atoms. The van der Waals surface area contributed by atoms with Crippen LogP contribution in [-0.2, 0) is 15.1 Å². The molecule has 0 aromatic heterocycles. The molecule has 2 atom stereocenters. The van der Waals surface area contributed by atoms with Gasteiger partial charge in [0.1, 0.15) is 17.8 Å². The van der Waals surface area contributed by atoms with Crippen molar-refractivity contribution < 1.29 is 19.1 Å². The van der Waals surface area contributed by atoms with Crippen molar-refractivity contribution in [2.45, 2.75) is 24.9 Å². The smallest absolute Gasteiger partial charge is 0.325 e. The van der Waals surface area contributed by atoms with Crippen molar-refractivity contribution >= 4 is 29.4 Å². The van der Waals surface area contributed by atoms with Gasteiger partial charge in [0.25, 0.3) is 5.91 Å². The Morgan fingerprint density at radius 2 is 1.97 bits per heavy atom. The van der Waals surface area contributed by atoms with Gasteiger partial charge in [0.2, 0.25) is 5.91 Å². The SMILES string of the molecule is CC1(c2ccc(Cl)cc2)NC(=O)N(CC(=O)NC2CCOc3ccccc32)C1=O. The first-order valence-corrected chi connectivity index (χ1v) is 9.67. The summed E-state index contributed by atoms with van der Waals surface area (Å²) in [4.78, 5) is 39.0. The summed E-state index contributed by atoms with van der Waals surface area (Å²) in [6.45, 7) is 1.75. The zero-order chi connectivity index (χ0) is 20.6. The zero-order valence-corrected chi connectivity index (χ0v) is 16.5. The number of benzene rings is 2. The second kappa shape index (κ2) is 7.40. The third-order valence-electron chi connectivity index (χ3n) is 5.29. The van der Waals surface area contributed by atoms with Crippen LogP contribution in [0.5, 0.6) is 5.75 Å². The minimum absolute atomic E-state index is 0.226. The molecule has 2 aromatic rings. The molecule has 2 unspecified atom stereocenters. The van der Waals surface area contributed by atoms with Gasteiger partial charge in [-0.25, -0.2) is 4.79 Å². The van der Waals surface area contributed by atoms with Crippen LogP contribution < -0.4 is 15.4 Å². The quantitative estimate of drug-likeness (QED) is 0.754. The number of imide groups is 1. The van der Waals surface area contributed by atoms with Gasteiger partial charge >= 0.3 is 6.03 Å². The Kier molecular flexibility index (Phi) is 4.92. The highest BCUT2D eigenvalue weighted by molar-refractivity contribution is 6.30. The van der Waals surface area contributed by atoms with Crippen molar-refractivity contribution in [1.29, 1.82) is 0 Å². The van der Waals surface area contributed by atoms with Crippen LogP contribution in [0.3, 0.4) is 0 Å². The maximum atomic E-state index is 13.0. The number of para-hydroxylation sites is 1. The van der Waals surface area contributed by atoms with E-state index >= 15 is 0 Å². The van der Waals surface area contributed by atoms with Crippen LogP contribution in [0.25, 0.3) is 0 Å². The fraction of sp³-hybridized carbons (Fsp3) is 0.286. The van der Waals surface area contributed by atoms with E-state index in [2.05, 4.69) is 10.6 Å². The molecule has 1 saturated heterocycles. The summed E-state index contributed by atoms with van der Waals surface area (Å²) in [5.41, 5.74) is 0.240. The minimum atomic E-state index is -1.24. The Bertz CT molecular complexity index is 978. The van der Waals surface area contributed by atoms with Crippen LogP contribution in [0.1, 0.15) is 30.5 Å². The van der Waals surface area contributed by atoms with Crippen molar-refractivity contribution in [2.24, 2.45) is 0 Å². The number of carbonyl (C=O) groups excluding carboxylic acids is 3. The van der Waals surface area contributed by atoms with Crippen LogP contribution in [0.15, 0.2) is 48.5 Å². The van der Waals surface area contributed by atoms with Crippen LogP contribution in [0.4, 0.5) is 4.79 Å². The molecule has 2 heterocycles. The number of nitrogens with zero attached hydrogens (tertiary/aromatic N) is 1. The number of hydrogen-bond donors (Lipinski definition) is 2. The molecule has 0 radical (unpaired) electrons. The maximum absolute atomic E-state index is 13.0. The molecule has 2 aliphatic heterocycles. The third kappa shape index (κ3) is 3.53. The summed E-state index contributed by atoms with van der Waals surface area (Å²) in [5, 5.41) is 6.12. The monoisotopic (exact) mass is 413 g/mol. The largest absolute Gasteiger partial charge is 0.493 e. The van der Waals surface area contributed by atoms with Crippen LogP contribution in [0, 0.1) is 0 Å². The average Bonchev–Trinajstić information content (AvgIpc) is 2.92. The molecule has 0 spiro atoms. The molecule has 0 saturated carbocycles. The Hall–Kier alpha value is -3.06. The van der Waals surface area contributed by atoms with E-state index in [1.807, 2.05) is 24.3 Å². The predicted octanol–water partition coefficient (Wildman–Crippen LogP) is 2.75. The highest BCUT2D eigenvalue weighted by atomic mass is 35.5. The number of nitrogens with one attached hydrogen (secondary N) is 2. The van der Waals surface area contributed by atoms with Gasteiger partial charge in [-0.05, 0) is 30.7 Å². The van der Waals surface area contributed by atoms with Gasteiger partial charge in [0.05, 0.1) is 12.6 Å². The highest BCUT2D eigenvalue weighted by Gasteiger charge is 2.49. The van der Waals surface area contributed by atoms with Crippen LogP contribution in [0.2, 0.25) is 5.02 Å². The second-order valence-corrected chi connectivity index (χ2v) is 7.68. The predicted molar refractivity (Wildman–Crippen MR) is 106 cm³/mol. The zero-order valence-electron chi connectivity index (χ0n) is 15.8. The van der Waals surface area contributed by atoms with Gasteiger partial charge in [-0.15, -0.1) is 0 Å². The van der Waals surface area contributed by atoms with Gasteiger partial charge in [0, 0.05) is 17.0 Å². The fourth-order valence-electron chi connectivity index (χ4n) is 3.70. The Morgan fingerprint density at radius 1 is 1.24 bits per heavy atom. The summed E-state index contributed by atoms with van der Waals surface area (Å²) < 4.78 is 5.60. The summed E-state index contributed by atoms with van der Waals surface area (Å²) in [6.07, 6.45) is 0.616. The van der Waals surface area contributed by atoms with Crippen LogP contribution >= 0.6 is 11.6 Å². The number of amides is 4. The standard InChI is InChI=1S/C21H20ClN3O4/c1-21(13-6-8-14(22)9-7-13)19(27)25(20(28)24-21)12-18(26)23-16-10-11-29-17-5-3-2-4-15(16)17/h2-9,16H,10-12H2,1H3,(H,23,26)(H,24,28). The summed E-state index contributed by atoms with van der Waals surface area (Å²) in [7, 11) is 0. The van der Waals surface area contributed by atoms with E-state index in [-0.39, 0.29) is 12.6 Å². The third-order valence-corrected chi connectivity index (χ3v) is 5.54. The molecule has 2 aromatic carbocycles. The van der Waals surface area contributed by atoms with Gasteiger partial charge in [-0.1, -0.05) is 41.9 Å². The first-order valence-electron chi connectivity index (χ1n) is 9.30. The number of fused-ring (bicyclic) bond motifs is 1. The lowest BCUT2D eigenvalue weighted by Crippen LogP contribution is -2.44. The number of carbonyl (C=O) groups is 3. The molecule has 0 bridgehead atoms. The van der Waals surface area contributed by atoms with E-state index < -0.39 is 23.4 Å². The van der Waals surface area contributed by atoms with Crippen molar-refractivity contribution in [2.75, 3.05) is 13.2 Å². The summed E-state index contributed by atoms with van der Waals surface area (Å²) in [5.74, 6) is -0.155. The molecule has 4 amide bonds. The Balaban J connectivity index is 1.47. The van der Waals surface area contributed by atoms with E-state index in [1.54, 1.807) is 31.2 Å². The summed E-state index contributed by atoms with van der Waals surface area (Å²) >= 11 is 5.91. The average molecular weight is 414 g/mol. The number of halogens is 1.